The quantitative estimate of drug-likeness (QED) is 0.512. The van der Waals surface area contributed by atoms with Crippen LogP contribution in [-0.2, 0) is 14.3 Å². The number of rotatable bonds is 8. The van der Waals surface area contributed by atoms with E-state index in [2.05, 4.69) is 10.6 Å². The highest BCUT2D eigenvalue weighted by molar-refractivity contribution is 5.85. The van der Waals surface area contributed by atoms with Crippen LogP contribution in [0.1, 0.15) is 32.1 Å². The maximum atomic E-state index is 11.3. The summed E-state index contributed by atoms with van der Waals surface area (Å²) in [7, 11) is 0. The van der Waals surface area contributed by atoms with Gasteiger partial charge < -0.3 is 21.1 Å². The van der Waals surface area contributed by atoms with E-state index < -0.39 is 0 Å². The Morgan fingerprint density at radius 2 is 1.89 bits per heavy atom. The monoisotopic (exact) mass is 257 g/mol. The van der Waals surface area contributed by atoms with Crippen molar-refractivity contribution in [3.63, 3.8) is 0 Å². The second-order valence-electron chi connectivity index (χ2n) is 4.46. The van der Waals surface area contributed by atoms with Crippen molar-refractivity contribution >= 4 is 11.8 Å². The van der Waals surface area contributed by atoms with Crippen molar-refractivity contribution in [3.8, 4) is 0 Å². The molecule has 0 spiro atoms. The smallest absolute Gasteiger partial charge is 0.239 e. The van der Waals surface area contributed by atoms with Crippen LogP contribution >= 0.6 is 0 Å². The minimum absolute atomic E-state index is 0.0144. The number of carbonyl (C=O) groups is 2. The first kappa shape index (κ1) is 14.9. The Kier molecular flexibility index (Phi) is 7.36. The highest BCUT2D eigenvalue weighted by Crippen LogP contribution is 2.20. The summed E-state index contributed by atoms with van der Waals surface area (Å²) < 4.78 is 5.66. The molecular formula is C12H23N3O3. The van der Waals surface area contributed by atoms with Crippen LogP contribution in [0.5, 0.6) is 0 Å². The summed E-state index contributed by atoms with van der Waals surface area (Å²) in [5.74, 6) is -0.521. The number of nitrogens with two attached hydrogens (primary N) is 1. The molecule has 0 heterocycles. The van der Waals surface area contributed by atoms with Crippen LogP contribution in [0.3, 0.4) is 0 Å². The van der Waals surface area contributed by atoms with E-state index in [0.717, 1.165) is 19.3 Å². The molecule has 0 aromatic heterocycles. The molecule has 104 valence electrons. The molecule has 6 heteroatoms. The van der Waals surface area contributed by atoms with Gasteiger partial charge in [0.2, 0.25) is 11.8 Å². The van der Waals surface area contributed by atoms with Gasteiger partial charge >= 0.3 is 0 Å². The fraction of sp³-hybridized carbons (Fsp3) is 0.833. The summed E-state index contributed by atoms with van der Waals surface area (Å²) >= 11 is 0. The van der Waals surface area contributed by atoms with E-state index in [-0.39, 0.29) is 24.9 Å². The van der Waals surface area contributed by atoms with Crippen molar-refractivity contribution in [2.24, 2.45) is 5.73 Å². The molecule has 0 radical (unpaired) electrons. The van der Waals surface area contributed by atoms with Crippen LogP contribution in [0.25, 0.3) is 0 Å². The Morgan fingerprint density at radius 3 is 2.56 bits per heavy atom. The summed E-state index contributed by atoms with van der Waals surface area (Å²) in [6.07, 6.45) is 6.08. The van der Waals surface area contributed by atoms with Gasteiger partial charge in [0, 0.05) is 13.2 Å². The summed E-state index contributed by atoms with van der Waals surface area (Å²) in [6.45, 7) is 1.15. The molecule has 2 amide bonds. The number of hydrogen-bond acceptors (Lipinski definition) is 4. The van der Waals surface area contributed by atoms with Gasteiger partial charge in [-0.1, -0.05) is 12.8 Å². The zero-order valence-electron chi connectivity index (χ0n) is 10.7. The van der Waals surface area contributed by atoms with Crippen molar-refractivity contribution in [1.29, 1.82) is 0 Å². The van der Waals surface area contributed by atoms with Crippen molar-refractivity contribution in [3.05, 3.63) is 0 Å². The van der Waals surface area contributed by atoms with Crippen LogP contribution in [-0.4, -0.2) is 44.2 Å². The van der Waals surface area contributed by atoms with Crippen molar-refractivity contribution in [2.75, 3.05) is 26.2 Å². The molecule has 0 atom stereocenters. The first-order valence-corrected chi connectivity index (χ1v) is 6.57. The van der Waals surface area contributed by atoms with Gasteiger partial charge in [-0.25, -0.2) is 0 Å². The maximum absolute atomic E-state index is 11.3. The fourth-order valence-electron chi connectivity index (χ4n) is 1.92. The summed E-state index contributed by atoms with van der Waals surface area (Å²) in [5.41, 5.74) is 5.10. The van der Waals surface area contributed by atoms with Crippen LogP contribution in [0.15, 0.2) is 0 Å². The third-order valence-corrected chi connectivity index (χ3v) is 2.93. The molecule has 0 saturated heterocycles. The average Bonchev–Trinajstić information content (AvgIpc) is 2.88. The summed E-state index contributed by atoms with van der Waals surface area (Å²) in [4.78, 5) is 22.1. The zero-order valence-corrected chi connectivity index (χ0v) is 10.7. The van der Waals surface area contributed by atoms with Gasteiger partial charge in [0.1, 0.15) is 0 Å². The third-order valence-electron chi connectivity index (χ3n) is 2.93. The predicted octanol–water partition coefficient (Wildman–Crippen LogP) is -0.473. The Balaban J connectivity index is 1.90. The lowest BCUT2D eigenvalue weighted by Gasteiger charge is -2.11. The minimum atomic E-state index is -0.324. The van der Waals surface area contributed by atoms with Crippen molar-refractivity contribution < 1.29 is 14.3 Å². The lowest BCUT2D eigenvalue weighted by atomic mass is 10.3. The Morgan fingerprint density at radius 1 is 1.17 bits per heavy atom. The normalized spacial score (nSPS) is 15.6. The molecule has 0 unspecified atom stereocenters. The fourth-order valence-corrected chi connectivity index (χ4v) is 1.92. The molecular weight excluding hydrogens is 234 g/mol. The zero-order chi connectivity index (χ0) is 13.2. The highest BCUT2D eigenvalue weighted by Gasteiger charge is 2.14. The van der Waals surface area contributed by atoms with E-state index in [0.29, 0.717) is 19.3 Å². The van der Waals surface area contributed by atoms with Crippen molar-refractivity contribution in [1.82, 2.24) is 10.6 Å². The van der Waals surface area contributed by atoms with Gasteiger partial charge in [-0.15, -0.1) is 0 Å². The molecule has 0 aromatic carbocycles. The van der Waals surface area contributed by atoms with Gasteiger partial charge in [0.15, 0.2) is 0 Å². The molecule has 6 nitrogen and oxygen atoms in total. The maximum Gasteiger partial charge on any atom is 0.239 e. The van der Waals surface area contributed by atoms with E-state index in [4.69, 9.17) is 10.5 Å². The molecule has 0 bridgehead atoms. The first-order chi connectivity index (χ1) is 8.72. The highest BCUT2D eigenvalue weighted by atomic mass is 16.5. The van der Waals surface area contributed by atoms with Crippen LogP contribution in [0.2, 0.25) is 0 Å². The Hall–Kier alpha value is -1.14. The molecule has 1 aliphatic rings. The van der Waals surface area contributed by atoms with Gasteiger partial charge in [-0.05, 0) is 19.3 Å². The molecule has 1 aliphatic carbocycles. The second kappa shape index (κ2) is 8.88. The van der Waals surface area contributed by atoms with E-state index in [1.165, 1.54) is 12.8 Å². The van der Waals surface area contributed by atoms with Gasteiger partial charge in [0.25, 0.3) is 0 Å². The number of hydrogen-bond donors (Lipinski definition) is 3. The van der Waals surface area contributed by atoms with E-state index in [9.17, 15) is 9.59 Å². The largest absolute Gasteiger partial charge is 0.378 e. The Bertz CT molecular complexity index is 265. The van der Waals surface area contributed by atoms with Gasteiger partial charge in [-0.3, -0.25) is 9.59 Å². The lowest BCUT2D eigenvalue weighted by Crippen LogP contribution is -2.39. The van der Waals surface area contributed by atoms with Gasteiger partial charge in [0.05, 0.1) is 19.2 Å². The van der Waals surface area contributed by atoms with Gasteiger partial charge in [-0.2, -0.15) is 0 Å². The summed E-state index contributed by atoms with van der Waals surface area (Å²) in [6, 6.07) is 0. The molecule has 1 rings (SSSR count). The molecule has 1 saturated carbocycles. The molecule has 4 N–H and O–H groups in total. The Labute approximate surface area is 108 Å². The molecule has 18 heavy (non-hydrogen) atoms. The predicted molar refractivity (Wildman–Crippen MR) is 67.9 cm³/mol. The van der Waals surface area contributed by atoms with Crippen LogP contribution in [0, 0.1) is 0 Å². The molecule has 0 aliphatic heterocycles. The van der Waals surface area contributed by atoms with E-state index in [1.807, 2.05) is 0 Å². The number of nitrogens with one attached hydrogen (secondary N) is 2. The van der Waals surface area contributed by atoms with E-state index in [1.54, 1.807) is 0 Å². The second-order valence-corrected chi connectivity index (χ2v) is 4.46. The third kappa shape index (κ3) is 6.56. The standard InChI is InChI=1S/C12H23N3O3/c13-8-11(16)15-9-12(17)14-6-3-7-18-10-4-1-2-5-10/h10H,1-9,13H2,(H,14,17)(H,15,16). The number of ether oxygens (including phenoxy) is 1. The van der Waals surface area contributed by atoms with Crippen LogP contribution < -0.4 is 16.4 Å². The first-order valence-electron chi connectivity index (χ1n) is 6.57. The average molecular weight is 257 g/mol. The minimum Gasteiger partial charge on any atom is -0.378 e. The lowest BCUT2D eigenvalue weighted by molar-refractivity contribution is -0.125. The topological polar surface area (TPSA) is 93.5 Å². The van der Waals surface area contributed by atoms with Crippen molar-refractivity contribution in [2.45, 2.75) is 38.2 Å². The number of carbonyl (C=O) groups excluding carboxylic acids is 2. The van der Waals surface area contributed by atoms with Crippen LogP contribution in [0.4, 0.5) is 0 Å². The molecule has 0 aromatic rings. The number of amides is 2. The van der Waals surface area contributed by atoms with E-state index >= 15 is 0 Å². The SMILES string of the molecule is NCC(=O)NCC(=O)NCCCOC1CCCC1. The molecule has 1 fully saturated rings. The summed E-state index contributed by atoms with van der Waals surface area (Å²) in [5, 5.41) is 5.12.